The van der Waals surface area contributed by atoms with Gasteiger partial charge in [0.25, 0.3) is 0 Å². The summed E-state index contributed by atoms with van der Waals surface area (Å²) in [4.78, 5) is 36.5. The van der Waals surface area contributed by atoms with Gasteiger partial charge in [-0.2, -0.15) is 0 Å². The number of nitrogens with zero attached hydrogens (tertiary/aromatic N) is 2. The van der Waals surface area contributed by atoms with Crippen LogP contribution in [0.4, 0.5) is 4.79 Å². The van der Waals surface area contributed by atoms with E-state index < -0.39 is 23.4 Å². The molecule has 0 aromatic rings. The van der Waals surface area contributed by atoms with Crippen molar-refractivity contribution in [2.45, 2.75) is 39.3 Å². The number of carboxylic acids is 1. The lowest BCUT2D eigenvalue weighted by Gasteiger charge is -2.37. The maximum absolute atomic E-state index is 12.2. The molecule has 7 heteroatoms. The van der Waals surface area contributed by atoms with Gasteiger partial charge in [0, 0.05) is 13.1 Å². The first kappa shape index (κ1) is 16.2. The number of aliphatic carboxylic acids is 1. The summed E-state index contributed by atoms with van der Waals surface area (Å²) in [5, 5.41) is 9.06. The number of rotatable bonds is 5. The van der Waals surface area contributed by atoms with Gasteiger partial charge in [-0.1, -0.05) is 0 Å². The lowest BCUT2D eigenvalue weighted by atomic mass is 10.0. The van der Waals surface area contributed by atoms with Gasteiger partial charge in [-0.15, -0.1) is 0 Å². The molecule has 3 N–H and O–H groups in total. The summed E-state index contributed by atoms with van der Waals surface area (Å²) in [7, 11) is 1.38. The summed E-state index contributed by atoms with van der Waals surface area (Å²) in [5.41, 5.74) is 3.71. The van der Waals surface area contributed by atoms with E-state index in [2.05, 4.69) is 0 Å². The first-order chi connectivity index (χ1) is 8.01. The molecule has 0 aliphatic heterocycles. The fraction of sp³-hybridized carbons (Fsp3) is 0.727. The molecule has 104 valence electrons. The first-order valence-corrected chi connectivity index (χ1v) is 5.58. The third-order valence-electron chi connectivity index (χ3n) is 2.84. The van der Waals surface area contributed by atoms with E-state index >= 15 is 0 Å². The molecule has 0 rings (SSSR count). The molecule has 7 nitrogen and oxygen atoms in total. The van der Waals surface area contributed by atoms with Crippen LogP contribution < -0.4 is 5.73 Å². The van der Waals surface area contributed by atoms with Crippen molar-refractivity contribution in [2.24, 2.45) is 5.73 Å². The van der Waals surface area contributed by atoms with E-state index in [9.17, 15) is 14.4 Å². The number of amides is 3. The number of carboxylic acid groups (broad SMARTS) is 1. The number of likely N-dealkylation sites (N-methyl/N-ethyl adjacent to an activating group) is 1. The first-order valence-electron chi connectivity index (χ1n) is 5.58. The predicted molar refractivity (Wildman–Crippen MR) is 65.9 cm³/mol. The number of urea groups is 1. The van der Waals surface area contributed by atoms with Gasteiger partial charge in [0.1, 0.15) is 12.1 Å². The molecule has 0 atom stereocenters. The Labute approximate surface area is 107 Å². The highest BCUT2D eigenvalue weighted by molar-refractivity contribution is 5.88. The monoisotopic (exact) mass is 259 g/mol. The smallest absolute Gasteiger partial charge is 0.329 e. The second kappa shape index (κ2) is 5.70. The number of nitrogens with two attached hydrogens (primary N) is 1. The molecule has 0 heterocycles. The Bertz CT molecular complexity index is 348. The maximum atomic E-state index is 12.2. The molecule has 0 spiro atoms. The second-order valence-electron chi connectivity index (χ2n) is 4.89. The van der Waals surface area contributed by atoms with E-state index in [0.717, 1.165) is 4.90 Å². The number of hydrogen-bond acceptors (Lipinski definition) is 3. The zero-order valence-corrected chi connectivity index (χ0v) is 11.4. The van der Waals surface area contributed by atoms with Gasteiger partial charge >= 0.3 is 12.0 Å². The molecule has 0 fully saturated rings. The topological polar surface area (TPSA) is 104 Å². The zero-order chi connectivity index (χ0) is 14.7. The summed E-state index contributed by atoms with van der Waals surface area (Å²) in [6.07, 6.45) is 0. The number of primary amides is 1. The minimum absolute atomic E-state index is 0.240. The van der Waals surface area contributed by atoms with Crippen LogP contribution in [0.2, 0.25) is 0 Å². The lowest BCUT2D eigenvalue weighted by Crippen LogP contribution is -2.57. The van der Waals surface area contributed by atoms with Crippen LogP contribution in [0.25, 0.3) is 0 Å². The van der Waals surface area contributed by atoms with Crippen molar-refractivity contribution >= 4 is 17.9 Å². The van der Waals surface area contributed by atoms with E-state index in [4.69, 9.17) is 10.8 Å². The molecule has 0 aromatic heterocycles. The van der Waals surface area contributed by atoms with Gasteiger partial charge in [0.15, 0.2) is 0 Å². The summed E-state index contributed by atoms with van der Waals surface area (Å²) in [6.45, 7) is 6.04. The Morgan fingerprint density at radius 3 is 2.00 bits per heavy atom. The largest absolute Gasteiger partial charge is 0.480 e. The van der Waals surface area contributed by atoms with Crippen molar-refractivity contribution in [3.63, 3.8) is 0 Å². The van der Waals surface area contributed by atoms with Crippen molar-refractivity contribution in [1.29, 1.82) is 0 Å². The fourth-order valence-corrected chi connectivity index (χ4v) is 1.21. The molecule has 0 saturated carbocycles. The minimum Gasteiger partial charge on any atom is -0.480 e. The van der Waals surface area contributed by atoms with Gasteiger partial charge in [-0.05, 0) is 27.7 Å². The van der Waals surface area contributed by atoms with Crippen LogP contribution in [0.5, 0.6) is 0 Å². The molecule has 0 bridgehead atoms. The Kier molecular flexibility index (Phi) is 5.13. The van der Waals surface area contributed by atoms with Crippen molar-refractivity contribution in [1.82, 2.24) is 9.80 Å². The highest BCUT2D eigenvalue weighted by Gasteiger charge is 2.37. The molecular formula is C11H21N3O4. The van der Waals surface area contributed by atoms with E-state index in [1.807, 2.05) is 0 Å². The van der Waals surface area contributed by atoms with Crippen LogP contribution >= 0.6 is 0 Å². The Morgan fingerprint density at radius 2 is 1.72 bits per heavy atom. The number of hydrogen-bond donors (Lipinski definition) is 2. The molecule has 18 heavy (non-hydrogen) atoms. The van der Waals surface area contributed by atoms with E-state index in [1.165, 1.54) is 25.8 Å². The molecular weight excluding hydrogens is 238 g/mol. The third-order valence-corrected chi connectivity index (χ3v) is 2.84. The molecule has 0 radical (unpaired) electrons. The van der Waals surface area contributed by atoms with Crippen LogP contribution in [0.1, 0.15) is 27.7 Å². The Morgan fingerprint density at radius 1 is 1.28 bits per heavy atom. The molecule has 3 amide bonds. The fourth-order valence-electron chi connectivity index (χ4n) is 1.21. The average molecular weight is 259 g/mol. The lowest BCUT2D eigenvalue weighted by molar-refractivity contribution is -0.147. The Hall–Kier alpha value is -1.79. The van der Waals surface area contributed by atoms with E-state index in [-0.39, 0.29) is 12.6 Å². The van der Waals surface area contributed by atoms with Gasteiger partial charge in [0.05, 0.1) is 0 Å². The van der Waals surface area contributed by atoms with Gasteiger partial charge in [0.2, 0.25) is 5.91 Å². The summed E-state index contributed by atoms with van der Waals surface area (Å²) in [5.74, 6) is -1.76. The highest BCUT2D eigenvalue weighted by Crippen LogP contribution is 2.16. The quantitative estimate of drug-likeness (QED) is 0.730. The molecule has 0 saturated heterocycles. The average Bonchev–Trinajstić information content (AvgIpc) is 2.22. The van der Waals surface area contributed by atoms with Gasteiger partial charge < -0.3 is 20.6 Å². The third kappa shape index (κ3) is 3.61. The van der Waals surface area contributed by atoms with Gasteiger partial charge in [-0.25, -0.2) is 9.59 Å². The summed E-state index contributed by atoms with van der Waals surface area (Å²) >= 11 is 0. The SMILES string of the molecule is CC(C)N(CC(N)=O)C(=O)N(C)C(C)(C)C(=O)O. The minimum atomic E-state index is -1.36. The maximum Gasteiger partial charge on any atom is 0.329 e. The van der Waals surface area contributed by atoms with Crippen LogP contribution in [-0.4, -0.2) is 58.0 Å². The summed E-state index contributed by atoms with van der Waals surface area (Å²) in [6, 6.07) is -0.798. The predicted octanol–water partition coefficient (Wildman–Crippen LogP) is 0.0971. The van der Waals surface area contributed by atoms with Gasteiger partial charge in [-0.3, -0.25) is 4.79 Å². The van der Waals surface area contributed by atoms with E-state index in [0.29, 0.717) is 0 Å². The van der Waals surface area contributed by atoms with Crippen LogP contribution in [0.3, 0.4) is 0 Å². The summed E-state index contributed by atoms with van der Waals surface area (Å²) < 4.78 is 0. The van der Waals surface area contributed by atoms with Crippen LogP contribution in [0, 0.1) is 0 Å². The standard InChI is InChI=1S/C11H21N3O4/c1-7(2)14(6-8(12)15)10(18)13(5)11(3,4)9(16)17/h7H,6H2,1-5H3,(H2,12,15)(H,16,17). The van der Waals surface area contributed by atoms with Crippen molar-refractivity contribution < 1.29 is 19.5 Å². The number of carbonyl (C=O) groups is 3. The van der Waals surface area contributed by atoms with Crippen molar-refractivity contribution in [2.75, 3.05) is 13.6 Å². The second-order valence-corrected chi connectivity index (χ2v) is 4.89. The number of carbonyl (C=O) groups excluding carboxylic acids is 2. The molecule has 0 aliphatic rings. The van der Waals surface area contributed by atoms with Crippen LogP contribution in [-0.2, 0) is 9.59 Å². The normalized spacial score (nSPS) is 11.2. The van der Waals surface area contributed by atoms with E-state index in [1.54, 1.807) is 13.8 Å². The Balaban J connectivity index is 5.10. The highest BCUT2D eigenvalue weighted by atomic mass is 16.4. The van der Waals surface area contributed by atoms with Crippen molar-refractivity contribution in [3.8, 4) is 0 Å². The molecule has 0 aliphatic carbocycles. The molecule has 0 aromatic carbocycles. The van der Waals surface area contributed by atoms with Crippen LogP contribution in [0.15, 0.2) is 0 Å². The zero-order valence-electron chi connectivity index (χ0n) is 11.4. The van der Waals surface area contributed by atoms with Crippen molar-refractivity contribution in [3.05, 3.63) is 0 Å². The molecule has 0 unspecified atom stereocenters.